The van der Waals surface area contributed by atoms with E-state index in [1.165, 1.54) is 0 Å². The van der Waals surface area contributed by atoms with Gasteiger partial charge in [0.15, 0.2) is 0 Å². The topological polar surface area (TPSA) is 46.2 Å². The first kappa shape index (κ1) is 17.7. The second kappa shape index (κ2) is 6.24. The second-order valence-electron chi connectivity index (χ2n) is 4.76. The van der Waals surface area contributed by atoms with Gasteiger partial charge >= 0.3 is 0 Å². The quantitative estimate of drug-likeness (QED) is 0.620. The van der Waals surface area contributed by atoms with E-state index in [2.05, 4.69) is 68.6 Å². The average Bonchev–Trinajstić information content (AvgIpc) is 2.13. The van der Waals surface area contributed by atoms with Gasteiger partial charge in [0.1, 0.15) is 5.75 Å². The van der Waals surface area contributed by atoms with Crippen molar-refractivity contribution in [3.63, 3.8) is 0 Å². The van der Waals surface area contributed by atoms with Gasteiger partial charge in [-0.25, -0.2) is 0 Å². The first-order valence-electron chi connectivity index (χ1n) is 4.78. The van der Waals surface area contributed by atoms with Crippen molar-refractivity contribution in [3.8, 4) is 5.75 Å². The van der Waals surface area contributed by atoms with Gasteiger partial charge in [0.25, 0.3) is 0 Å². The van der Waals surface area contributed by atoms with E-state index in [0.29, 0.717) is 8.95 Å². The molecule has 0 aliphatic carbocycles. The summed E-state index contributed by atoms with van der Waals surface area (Å²) < 4.78 is 2.15. The number of hydrogen-bond acceptors (Lipinski definition) is 2. The fourth-order valence-corrected chi connectivity index (χ4v) is 3.93. The Morgan fingerprint density at radius 2 is 1.65 bits per heavy atom. The van der Waals surface area contributed by atoms with E-state index in [1.54, 1.807) is 6.07 Å². The average molecular weight is 452 g/mol. The van der Waals surface area contributed by atoms with Gasteiger partial charge in [-0.2, -0.15) is 0 Å². The molecule has 0 aromatic heterocycles. The molecule has 0 aliphatic rings. The molecule has 0 heterocycles. The van der Waals surface area contributed by atoms with Crippen LogP contribution < -0.4 is 5.73 Å². The number of rotatable bonds is 1. The van der Waals surface area contributed by atoms with Crippen LogP contribution >= 0.6 is 60.2 Å². The second-order valence-corrected chi connectivity index (χ2v) is 7.26. The Morgan fingerprint density at radius 3 is 2.06 bits per heavy atom. The summed E-state index contributed by atoms with van der Waals surface area (Å²) in [6, 6.07) is 1.64. The third-order valence-electron chi connectivity index (χ3n) is 2.43. The lowest BCUT2D eigenvalue weighted by Crippen LogP contribution is -2.27. The summed E-state index contributed by atoms with van der Waals surface area (Å²) in [6.45, 7) is 6.20. The molecule has 0 bridgehead atoms. The summed E-state index contributed by atoms with van der Waals surface area (Å²) in [4.78, 5) is 0. The number of benzene rings is 1. The molecular weight excluding hydrogens is 437 g/mol. The Balaban J connectivity index is 0.00000256. The molecule has 6 heteroatoms. The summed E-state index contributed by atoms with van der Waals surface area (Å²) in [5.41, 5.74) is 7.01. The minimum Gasteiger partial charge on any atom is -0.506 e. The first-order valence-corrected chi connectivity index (χ1v) is 7.16. The molecule has 17 heavy (non-hydrogen) atoms. The van der Waals surface area contributed by atoms with Crippen LogP contribution in [0.25, 0.3) is 0 Å². The summed E-state index contributed by atoms with van der Waals surface area (Å²) >= 11 is 10.1. The number of nitrogens with two attached hydrogens (primary N) is 1. The Labute approximate surface area is 133 Å². The Bertz CT molecular complexity index is 418. The molecule has 0 fully saturated rings. The summed E-state index contributed by atoms with van der Waals surface area (Å²) in [5.74, 6) is 0.179. The maximum atomic E-state index is 9.86. The van der Waals surface area contributed by atoms with E-state index in [-0.39, 0.29) is 29.6 Å². The maximum Gasteiger partial charge on any atom is 0.144 e. The first-order chi connectivity index (χ1) is 7.16. The maximum absolute atomic E-state index is 9.86. The zero-order valence-corrected chi connectivity index (χ0v) is 15.3. The number of halogens is 4. The number of phenolic OH excluding ortho intramolecular Hbond substituents is 1. The SMILES string of the molecule is CC(C)(C)[C@@H](N)c1c(Br)cc(Br)c(O)c1Br.Cl. The molecule has 0 saturated heterocycles. The monoisotopic (exact) mass is 449 g/mol. The van der Waals surface area contributed by atoms with E-state index in [1.807, 2.05) is 0 Å². The van der Waals surface area contributed by atoms with E-state index in [4.69, 9.17) is 5.73 Å². The fourth-order valence-electron chi connectivity index (χ4n) is 1.31. The van der Waals surface area contributed by atoms with Gasteiger partial charge in [0.05, 0.1) is 8.95 Å². The summed E-state index contributed by atoms with van der Waals surface area (Å²) in [5, 5.41) is 9.86. The van der Waals surface area contributed by atoms with Crippen LogP contribution in [0.3, 0.4) is 0 Å². The van der Waals surface area contributed by atoms with Crippen molar-refractivity contribution in [3.05, 3.63) is 25.0 Å². The molecule has 0 saturated carbocycles. The minimum absolute atomic E-state index is 0. The summed E-state index contributed by atoms with van der Waals surface area (Å²) in [6.07, 6.45) is 0. The Hall–Kier alpha value is 0.710. The van der Waals surface area contributed by atoms with Crippen LogP contribution in [0.1, 0.15) is 32.4 Å². The summed E-state index contributed by atoms with van der Waals surface area (Å²) in [7, 11) is 0. The van der Waals surface area contributed by atoms with E-state index >= 15 is 0 Å². The van der Waals surface area contributed by atoms with E-state index in [9.17, 15) is 5.11 Å². The van der Waals surface area contributed by atoms with Gasteiger partial charge < -0.3 is 10.8 Å². The molecule has 2 nitrogen and oxygen atoms in total. The molecule has 98 valence electrons. The van der Waals surface area contributed by atoms with Gasteiger partial charge in [-0.3, -0.25) is 0 Å². The van der Waals surface area contributed by atoms with Crippen molar-refractivity contribution < 1.29 is 5.11 Å². The third-order valence-corrected chi connectivity index (χ3v) is 4.49. The van der Waals surface area contributed by atoms with Crippen molar-refractivity contribution in [1.29, 1.82) is 0 Å². The normalized spacial score (nSPS) is 13.1. The van der Waals surface area contributed by atoms with Gasteiger partial charge in [-0.1, -0.05) is 36.7 Å². The van der Waals surface area contributed by atoms with Crippen molar-refractivity contribution in [2.75, 3.05) is 0 Å². The standard InChI is InChI=1S/C11H14Br3NO.ClH/c1-11(2,3)10(15)7-5(12)4-6(13)9(16)8(7)14;/h4,10,16H,15H2,1-3H3;1H/t10-;/m0./s1. The van der Waals surface area contributed by atoms with Crippen molar-refractivity contribution in [2.24, 2.45) is 11.1 Å². The van der Waals surface area contributed by atoms with Crippen molar-refractivity contribution in [2.45, 2.75) is 26.8 Å². The van der Waals surface area contributed by atoms with Crippen LogP contribution in [0.4, 0.5) is 0 Å². The number of hydrogen-bond donors (Lipinski definition) is 2. The Kier molecular flexibility index (Phi) is 6.50. The molecule has 0 radical (unpaired) electrons. The van der Waals surface area contributed by atoms with Crippen molar-refractivity contribution in [1.82, 2.24) is 0 Å². The highest BCUT2D eigenvalue weighted by Crippen LogP contribution is 2.45. The number of aromatic hydroxyl groups is 1. The van der Waals surface area contributed by atoms with Gasteiger partial charge in [-0.15, -0.1) is 12.4 Å². The van der Waals surface area contributed by atoms with Crippen LogP contribution in [0.5, 0.6) is 5.75 Å². The van der Waals surface area contributed by atoms with Crippen LogP contribution in [-0.4, -0.2) is 5.11 Å². The largest absolute Gasteiger partial charge is 0.506 e. The molecule has 0 aliphatic heterocycles. The van der Waals surface area contributed by atoms with E-state index < -0.39 is 0 Å². The fraction of sp³-hybridized carbons (Fsp3) is 0.455. The van der Waals surface area contributed by atoms with Crippen LogP contribution in [-0.2, 0) is 0 Å². The molecule has 1 aromatic carbocycles. The van der Waals surface area contributed by atoms with Crippen LogP contribution in [0.2, 0.25) is 0 Å². The molecule has 0 amide bonds. The predicted molar refractivity (Wildman–Crippen MR) is 84.8 cm³/mol. The number of phenols is 1. The zero-order chi connectivity index (χ0) is 12.7. The zero-order valence-electron chi connectivity index (χ0n) is 9.72. The molecule has 0 unspecified atom stereocenters. The highest BCUT2D eigenvalue weighted by molar-refractivity contribution is 9.11. The lowest BCUT2D eigenvalue weighted by atomic mass is 9.83. The lowest BCUT2D eigenvalue weighted by Gasteiger charge is -2.29. The van der Waals surface area contributed by atoms with E-state index in [0.717, 1.165) is 10.0 Å². The Morgan fingerprint density at radius 1 is 1.18 bits per heavy atom. The molecular formula is C11H15Br3ClNO. The van der Waals surface area contributed by atoms with Gasteiger partial charge in [-0.05, 0) is 43.3 Å². The van der Waals surface area contributed by atoms with Crippen molar-refractivity contribution >= 4 is 60.2 Å². The van der Waals surface area contributed by atoms with Gasteiger partial charge in [0.2, 0.25) is 0 Å². The highest BCUT2D eigenvalue weighted by atomic mass is 79.9. The van der Waals surface area contributed by atoms with Crippen LogP contribution in [0, 0.1) is 5.41 Å². The molecule has 0 spiro atoms. The lowest BCUT2D eigenvalue weighted by molar-refractivity contribution is 0.324. The smallest absolute Gasteiger partial charge is 0.144 e. The third kappa shape index (κ3) is 3.83. The molecule has 1 rings (SSSR count). The molecule has 1 aromatic rings. The molecule has 1 atom stereocenters. The minimum atomic E-state index is -0.171. The van der Waals surface area contributed by atoms with Crippen LogP contribution in [0.15, 0.2) is 19.5 Å². The predicted octanol–water partition coefficient (Wildman–Crippen LogP) is 5.15. The highest BCUT2D eigenvalue weighted by Gasteiger charge is 2.27. The molecule has 3 N–H and O–H groups in total. The van der Waals surface area contributed by atoms with Gasteiger partial charge in [0, 0.05) is 16.1 Å².